The molecule has 12 aromatic rings. The van der Waals surface area contributed by atoms with E-state index in [1.807, 2.05) is 84.9 Å². The second-order valence-electron chi connectivity index (χ2n) is 18.4. The fourth-order valence-electron chi connectivity index (χ4n) is 10.4. The number of rotatable bonds is 7. The molecule has 0 N–H and O–H groups in total. The maximum Gasteiger partial charge on any atom is 0.104 e. The van der Waals surface area contributed by atoms with E-state index in [0.717, 1.165) is 88.1 Å². The standard InChI is InChI=1S/C67H33N9/c68-34-41-1-9-47(10-2-41)51-17-21-62-57(28-51)58-29-52(48-11-3-42(35-69)4-12-48)18-22-63(58)75(62)66-32-56(55-26-45(38-72)25-46(27-55)39-73)33-67(61(66)40-74)76-64-23-19-53(49-13-5-43(36-70)6-14-49)30-59(64)60-31-54(20-24-65(60)76)50-15-7-44(37-71)8-16-50/h1-33H. The van der Waals surface area contributed by atoms with Crippen molar-refractivity contribution in [2.45, 2.75) is 0 Å². The molecule has 2 aromatic heterocycles. The van der Waals surface area contributed by atoms with Crippen LogP contribution in [0.3, 0.4) is 0 Å². The fourth-order valence-corrected chi connectivity index (χ4v) is 10.4. The number of aromatic nitrogens is 2. The molecule has 0 aliphatic rings. The van der Waals surface area contributed by atoms with E-state index in [4.69, 9.17) is 0 Å². The number of hydrogen-bond acceptors (Lipinski definition) is 7. The minimum atomic E-state index is 0.312. The number of nitriles is 7. The summed E-state index contributed by atoms with van der Waals surface area (Å²) in [6.07, 6.45) is 0. The third-order valence-electron chi connectivity index (χ3n) is 14.1. The second kappa shape index (κ2) is 18.4. The predicted octanol–water partition coefficient (Wildman–Crippen LogP) is 15.3. The largest absolute Gasteiger partial charge is 0.308 e. The van der Waals surface area contributed by atoms with Crippen LogP contribution >= 0.6 is 0 Å². The molecule has 9 heteroatoms. The van der Waals surface area contributed by atoms with Crippen LogP contribution in [0.5, 0.6) is 0 Å². The van der Waals surface area contributed by atoms with E-state index >= 15 is 0 Å². The Morgan fingerprint density at radius 3 is 0.711 bits per heavy atom. The van der Waals surface area contributed by atoms with Crippen molar-refractivity contribution in [3.63, 3.8) is 0 Å². The van der Waals surface area contributed by atoms with Gasteiger partial charge in [-0.1, -0.05) is 72.8 Å². The zero-order valence-corrected chi connectivity index (χ0v) is 40.1. The van der Waals surface area contributed by atoms with Gasteiger partial charge in [-0.05, 0) is 183 Å². The molecule has 0 aliphatic heterocycles. The SMILES string of the molecule is N#Cc1ccc(-c2ccc3c(c2)c2cc(-c4ccc(C#N)cc4)ccc2n3-c2cc(-c3cc(C#N)cc(C#N)c3)cc(-n3c4ccc(-c5ccc(C#N)cc5)cc4c4cc(-c5ccc(C#N)cc5)ccc43)c2C#N)cc1. The summed E-state index contributed by atoms with van der Waals surface area (Å²) in [5, 5.41) is 74.3. The smallest absolute Gasteiger partial charge is 0.104 e. The van der Waals surface area contributed by atoms with Crippen molar-refractivity contribution >= 4 is 43.6 Å². The molecular weight excluding hydrogens is 931 g/mol. The van der Waals surface area contributed by atoms with Gasteiger partial charge >= 0.3 is 0 Å². The molecule has 9 nitrogen and oxygen atoms in total. The van der Waals surface area contributed by atoms with Gasteiger partial charge in [0.2, 0.25) is 0 Å². The van der Waals surface area contributed by atoms with E-state index in [1.165, 1.54) is 0 Å². The van der Waals surface area contributed by atoms with E-state index in [-0.39, 0.29) is 0 Å². The molecule has 0 unspecified atom stereocenters. The van der Waals surface area contributed by atoms with Gasteiger partial charge in [-0.15, -0.1) is 0 Å². The molecule has 0 spiro atoms. The zero-order valence-electron chi connectivity index (χ0n) is 40.1. The summed E-state index contributed by atoms with van der Waals surface area (Å²) < 4.78 is 4.22. The summed E-state index contributed by atoms with van der Waals surface area (Å²) in [6, 6.07) is 79.7. The van der Waals surface area contributed by atoms with Crippen LogP contribution in [0.2, 0.25) is 0 Å². The van der Waals surface area contributed by atoms with Crippen LogP contribution in [0, 0.1) is 79.3 Å². The Morgan fingerprint density at radius 2 is 0.461 bits per heavy atom. The third-order valence-corrected chi connectivity index (χ3v) is 14.1. The molecule has 12 rings (SSSR count). The van der Waals surface area contributed by atoms with E-state index in [9.17, 15) is 36.8 Å². The Balaban J connectivity index is 1.18. The quantitative estimate of drug-likeness (QED) is 0.153. The highest BCUT2D eigenvalue weighted by Gasteiger charge is 2.24. The number of benzene rings is 10. The molecule has 0 amide bonds. The van der Waals surface area contributed by atoms with Gasteiger partial charge in [0.05, 0.1) is 103 Å². The minimum absolute atomic E-state index is 0.312. The molecule has 10 aromatic carbocycles. The van der Waals surface area contributed by atoms with Gasteiger partial charge < -0.3 is 9.13 Å². The first-order valence-electron chi connectivity index (χ1n) is 24.0. The van der Waals surface area contributed by atoms with Gasteiger partial charge in [0.1, 0.15) is 11.6 Å². The Kier molecular flexibility index (Phi) is 11.0. The molecular formula is C67H33N9. The molecule has 0 radical (unpaired) electrons. The molecule has 0 bridgehead atoms. The number of fused-ring (bicyclic) bond motifs is 6. The lowest BCUT2D eigenvalue weighted by Gasteiger charge is -2.19. The normalized spacial score (nSPS) is 10.8. The molecule has 76 heavy (non-hydrogen) atoms. The van der Waals surface area contributed by atoms with Crippen LogP contribution < -0.4 is 0 Å². The first-order chi connectivity index (χ1) is 37.3. The maximum atomic E-state index is 11.8. The highest BCUT2D eigenvalue weighted by atomic mass is 15.0. The first-order valence-corrected chi connectivity index (χ1v) is 24.0. The van der Waals surface area contributed by atoms with Crippen LogP contribution in [0.15, 0.2) is 200 Å². The maximum absolute atomic E-state index is 11.8. The predicted molar refractivity (Wildman–Crippen MR) is 295 cm³/mol. The van der Waals surface area contributed by atoms with Crippen LogP contribution in [0.25, 0.3) is 111 Å². The molecule has 346 valence electrons. The Labute approximate surface area is 436 Å². The van der Waals surface area contributed by atoms with Crippen molar-refractivity contribution < 1.29 is 0 Å². The van der Waals surface area contributed by atoms with Gasteiger partial charge in [-0.25, -0.2) is 0 Å². The van der Waals surface area contributed by atoms with Crippen LogP contribution in [0.1, 0.15) is 38.9 Å². The number of nitrogens with zero attached hydrogens (tertiary/aromatic N) is 9. The Morgan fingerprint density at radius 1 is 0.211 bits per heavy atom. The highest BCUT2D eigenvalue weighted by molar-refractivity contribution is 6.14. The van der Waals surface area contributed by atoms with Crippen molar-refractivity contribution in [1.82, 2.24) is 9.13 Å². The van der Waals surface area contributed by atoms with Crippen molar-refractivity contribution in [3.05, 3.63) is 239 Å². The molecule has 0 saturated carbocycles. The minimum Gasteiger partial charge on any atom is -0.308 e. The van der Waals surface area contributed by atoms with Gasteiger partial charge in [0.25, 0.3) is 0 Å². The third kappa shape index (κ3) is 7.69. The van der Waals surface area contributed by atoms with E-state index in [0.29, 0.717) is 61.4 Å². The van der Waals surface area contributed by atoms with Crippen molar-refractivity contribution in [2.75, 3.05) is 0 Å². The summed E-state index contributed by atoms with van der Waals surface area (Å²) in [4.78, 5) is 0. The van der Waals surface area contributed by atoms with E-state index < -0.39 is 0 Å². The summed E-state index contributed by atoms with van der Waals surface area (Å²) in [5.41, 5.74) is 16.3. The molecule has 0 saturated heterocycles. The van der Waals surface area contributed by atoms with E-state index in [2.05, 4.69) is 100 Å². The molecule has 0 fully saturated rings. The first kappa shape index (κ1) is 45.4. The molecule has 2 heterocycles. The Hall–Kier alpha value is -11.8. The van der Waals surface area contributed by atoms with Crippen LogP contribution in [-0.2, 0) is 0 Å². The fraction of sp³-hybridized carbons (Fsp3) is 0. The van der Waals surface area contributed by atoms with Gasteiger partial charge in [-0.3, -0.25) is 0 Å². The van der Waals surface area contributed by atoms with E-state index in [1.54, 1.807) is 66.7 Å². The van der Waals surface area contributed by atoms with Crippen molar-refractivity contribution in [2.24, 2.45) is 0 Å². The molecule has 0 aliphatic carbocycles. The average molecular weight is 964 g/mol. The summed E-state index contributed by atoms with van der Waals surface area (Å²) in [6.45, 7) is 0. The van der Waals surface area contributed by atoms with Gasteiger partial charge in [0.15, 0.2) is 0 Å². The highest BCUT2D eigenvalue weighted by Crippen LogP contribution is 2.44. The van der Waals surface area contributed by atoms with Crippen molar-refractivity contribution in [1.29, 1.82) is 36.8 Å². The summed E-state index contributed by atoms with van der Waals surface area (Å²) >= 11 is 0. The van der Waals surface area contributed by atoms with Crippen LogP contribution in [0.4, 0.5) is 0 Å². The zero-order chi connectivity index (χ0) is 52.0. The van der Waals surface area contributed by atoms with Gasteiger partial charge in [-0.2, -0.15) is 36.8 Å². The van der Waals surface area contributed by atoms with Gasteiger partial charge in [0, 0.05) is 21.5 Å². The summed E-state index contributed by atoms with van der Waals surface area (Å²) in [7, 11) is 0. The average Bonchev–Trinajstić information content (AvgIpc) is 4.10. The Bertz CT molecular complexity index is 4220. The second-order valence-corrected chi connectivity index (χ2v) is 18.4. The lowest BCUT2D eigenvalue weighted by atomic mass is 9.97. The van der Waals surface area contributed by atoms with Crippen LogP contribution in [-0.4, -0.2) is 9.13 Å². The lowest BCUT2D eigenvalue weighted by Crippen LogP contribution is -2.05. The monoisotopic (exact) mass is 963 g/mol. The topological polar surface area (TPSA) is 176 Å². The number of hydrogen-bond donors (Lipinski definition) is 0. The van der Waals surface area contributed by atoms with Crippen molar-refractivity contribution in [3.8, 4) is 109 Å². The summed E-state index contributed by atoms with van der Waals surface area (Å²) in [5.74, 6) is 0. The lowest BCUT2D eigenvalue weighted by molar-refractivity contribution is 1.12. The molecule has 0 atom stereocenters.